The van der Waals surface area contributed by atoms with Gasteiger partial charge in [-0.15, -0.1) is 0 Å². The van der Waals surface area contributed by atoms with E-state index in [0.717, 1.165) is 31.7 Å². The van der Waals surface area contributed by atoms with Crippen molar-refractivity contribution < 1.29 is 13.2 Å². The first-order chi connectivity index (χ1) is 17.8. The van der Waals surface area contributed by atoms with Crippen LogP contribution in [0.15, 0.2) is 53.7 Å². The first-order valence-corrected chi connectivity index (χ1v) is 14.1. The maximum atomic E-state index is 13.0. The van der Waals surface area contributed by atoms with Gasteiger partial charge in [-0.1, -0.05) is 29.0 Å². The van der Waals surface area contributed by atoms with Crippen LogP contribution in [-0.2, 0) is 23.1 Å². The van der Waals surface area contributed by atoms with E-state index in [-0.39, 0.29) is 16.0 Å². The molecule has 5 aromatic rings. The number of benzene rings is 1. The van der Waals surface area contributed by atoms with Crippen LogP contribution in [0.25, 0.3) is 15.7 Å². The van der Waals surface area contributed by atoms with Crippen LogP contribution in [0.3, 0.4) is 0 Å². The number of sulfonamides is 1. The van der Waals surface area contributed by atoms with Crippen LogP contribution in [0, 0.1) is 0 Å². The van der Waals surface area contributed by atoms with Gasteiger partial charge < -0.3 is 4.90 Å². The van der Waals surface area contributed by atoms with Crippen LogP contribution in [0.4, 0.5) is 10.8 Å². The highest BCUT2D eigenvalue weighted by molar-refractivity contribution is 7.92. The molecular weight excluding hydrogens is 536 g/mol. The summed E-state index contributed by atoms with van der Waals surface area (Å²) in [6.45, 7) is 2.49. The van der Waals surface area contributed by atoms with Crippen molar-refractivity contribution in [1.82, 2.24) is 29.3 Å². The standard InChI is InChI=1S/C23H21ClN8O3S2/c1-30-8-4-10-31-15(13-30)12-17(27-31)21(33)26-23-25-16-7-6-14(11-19(16)36-23)29-37(34,35)22-20(24)18-5-2-3-9-32(18)28-22/h2-3,5-7,9,11-12,29H,4,8,10,13H2,1H3,(H,25,26,33). The molecule has 11 nitrogen and oxygen atoms in total. The molecule has 0 bridgehead atoms. The van der Waals surface area contributed by atoms with Gasteiger partial charge >= 0.3 is 0 Å². The normalized spacial score (nSPS) is 14.5. The molecule has 0 aliphatic carbocycles. The average Bonchev–Trinajstić information content (AvgIpc) is 3.51. The smallest absolute Gasteiger partial charge is 0.282 e. The molecule has 1 aliphatic rings. The van der Waals surface area contributed by atoms with Gasteiger partial charge in [-0.25, -0.2) is 9.50 Å². The van der Waals surface area contributed by atoms with Crippen molar-refractivity contribution >= 4 is 65.4 Å². The second-order valence-electron chi connectivity index (χ2n) is 8.75. The Kier molecular flexibility index (Phi) is 5.87. The summed E-state index contributed by atoms with van der Waals surface area (Å²) in [4.78, 5) is 19.5. The Balaban J connectivity index is 1.21. The van der Waals surface area contributed by atoms with Gasteiger partial charge in [0.1, 0.15) is 5.02 Å². The van der Waals surface area contributed by atoms with Gasteiger partial charge in [0.2, 0.25) is 5.03 Å². The number of nitrogens with zero attached hydrogens (tertiary/aromatic N) is 6. The van der Waals surface area contributed by atoms with E-state index in [2.05, 4.69) is 30.1 Å². The maximum Gasteiger partial charge on any atom is 0.282 e. The largest absolute Gasteiger partial charge is 0.300 e. The van der Waals surface area contributed by atoms with E-state index in [1.54, 1.807) is 42.6 Å². The monoisotopic (exact) mass is 556 g/mol. The molecule has 0 atom stereocenters. The number of pyridine rings is 1. The van der Waals surface area contributed by atoms with Crippen molar-refractivity contribution in [3.8, 4) is 0 Å². The molecule has 4 aromatic heterocycles. The number of carbonyl (C=O) groups excluding carboxylic acids is 1. The van der Waals surface area contributed by atoms with Gasteiger partial charge in [-0.05, 0) is 49.9 Å². The van der Waals surface area contributed by atoms with Crippen molar-refractivity contribution in [1.29, 1.82) is 0 Å². The molecule has 5 heterocycles. The predicted molar refractivity (Wildman–Crippen MR) is 142 cm³/mol. The first kappa shape index (κ1) is 23.9. The first-order valence-electron chi connectivity index (χ1n) is 11.4. The number of fused-ring (bicyclic) bond motifs is 3. The third kappa shape index (κ3) is 4.55. The van der Waals surface area contributed by atoms with E-state index < -0.39 is 10.0 Å². The van der Waals surface area contributed by atoms with Crippen LogP contribution >= 0.6 is 22.9 Å². The average molecular weight is 557 g/mol. The van der Waals surface area contributed by atoms with Gasteiger partial charge in [0.15, 0.2) is 10.8 Å². The molecule has 14 heteroatoms. The number of amides is 1. The Hall–Kier alpha value is -3.52. The van der Waals surface area contributed by atoms with Gasteiger partial charge in [0, 0.05) is 25.8 Å². The van der Waals surface area contributed by atoms with Crippen molar-refractivity contribution in [3.63, 3.8) is 0 Å². The highest BCUT2D eigenvalue weighted by Crippen LogP contribution is 2.31. The second-order valence-corrected chi connectivity index (χ2v) is 11.8. The second kappa shape index (κ2) is 9.10. The number of thiazole rings is 1. The molecule has 0 fully saturated rings. The molecule has 0 radical (unpaired) electrons. The third-order valence-electron chi connectivity index (χ3n) is 6.00. The Morgan fingerprint density at radius 3 is 2.84 bits per heavy atom. The number of hydrogen-bond donors (Lipinski definition) is 2. The highest BCUT2D eigenvalue weighted by Gasteiger charge is 2.25. The zero-order valence-corrected chi connectivity index (χ0v) is 21.9. The minimum Gasteiger partial charge on any atom is -0.300 e. The molecule has 1 amide bonds. The van der Waals surface area contributed by atoms with E-state index in [1.807, 2.05) is 17.8 Å². The molecule has 190 valence electrons. The third-order valence-corrected chi connectivity index (χ3v) is 8.72. The summed E-state index contributed by atoms with van der Waals surface area (Å²) in [6.07, 6.45) is 2.59. The number of halogens is 1. The quantitative estimate of drug-likeness (QED) is 0.338. The van der Waals surface area contributed by atoms with Crippen LogP contribution in [-0.4, -0.2) is 57.2 Å². The minimum absolute atomic E-state index is 0.0419. The lowest BCUT2D eigenvalue weighted by Crippen LogP contribution is -2.17. The lowest BCUT2D eigenvalue weighted by atomic mass is 10.3. The number of nitrogens with one attached hydrogen (secondary N) is 2. The van der Waals surface area contributed by atoms with Gasteiger partial charge in [-0.2, -0.15) is 18.6 Å². The minimum atomic E-state index is -4.04. The molecule has 0 unspecified atom stereocenters. The molecule has 0 saturated heterocycles. The van der Waals surface area contributed by atoms with Gasteiger partial charge in [-0.3, -0.25) is 19.5 Å². The summed E-state index contributed by atoms with van der Waals surface area (Å²) in [5, 5.41) is 11.6. The summed E-state index contributed by atoms with van der Waals surface area (Å²) < 4.78 is 32.5. The fraction of sp³-hybridized carbons (Fsp3) is 0.217. The molecule has 0 spiro atoms. The molecule has 2 N–H and O–H groups in total. The highest BCUT2D eigenvalue weighted by atomic mass is 35.5. The lowest BCUT2D eigenvalue weighted by Gasteiger charge is -2.10. The maximum absolute atomic E-state index is 13.0. The number of aromatic nitrogens is 5. The SMILES string of the molecule is CN1CCCn2nc(C(=O)Nc3nc4ccc(NS(=O)(=O)c5nn6ccccc6c5Cl)cc4s3)cc2C1. The van der Waals surface area contributed by atoms with E-state index in [0.29, 0.717) is 32.2 Å². The topological polar surface area (TPSA) is 127 Å². The number of anilines is 2. The summed E-state index contributed by atoms with van der Waals surface area (Å²) >= 11 is 7.53. The Bertz CT molecular complexity index is 1780. The van der Waals surface area contributed by atoms with Gasteiger partial charge in [0.05, 0.1) is 27.1 Å². The van der Waals surface area contributed by atoms with Crippen LogP contribution < -0.4 is 10.0 Å². The van der Waals surface area contributed by atoms with Crippen LogP contribution in [0.2, 0.25) is 5.02 Å². The predicted octanol–water partition coefficient (Wildman–Crippen LogP) is 3.68. The van der Waals surface area contributed by atoms with E-state index in [1.165, 1.54) is 15.9 Å². The van der Waals surface area contributed by atoms with E-state index in [9.17, 15) is 13.2 Å². The van der Waals surface area contributed by atoms with Crippen molar-refractivity contribution in [3.05, 3.63) is 65.1 Å². The zero-order valence-electron chi connectivity index (χ0n) is 19.5. The van der Waals surface area contributed by atoms with E-state index in [4.69, 9.17) is 11.6 Å². The van der Waals surface area contributed by atoms with Crippen LogP contribution in [0.1, 0.15) is 22.6 Å². The number of hydrogen-bond acceptors (Lipinski definition) is 8. The summed E-state index contributed by atoms with van der Waals surface area (Å²) in [5.74, 6) is -0.343. The number of rotatable bonds is 5. The Morgan fingerprint density at radius 1 is 1.14 bits per heavy atom. The Labute approximate surface area is 220 Å². The molecular formula is C23H21ClN8O3S2. The van der Waals surface area contributed by atoms with Crippen molar-refractivity contribution in [2.24, 2.45) is 0 Å². The summed E-state index contributed by atoms with van der Waals surface area (Å²) in [6, 6.07) is 11.9. The van der Waals surface area contributed by atoms with Gasteiger partial charge in [0.25, 0.3) is 15.9 Å². The Morgan fingerprint density at radius 2 is 2.00 bits per heavy atom. The fourth-order valence-electron chi connectivity index (χ4n) is 4.26. The molecule has 1 aromatic carbocycles. The zero-order chi connectivity index (χ0) is 25.7. The number of aryl methyl sites for hydroxylation is 1. The van der Waals surface area contributed by atoms with Crippen molar-refractivity contribution in [2.45, 2.75) is 24.5 Å². The molecule has 6 rings (SSSR count). The van der Waals surface area contributed by atoms with Crippen LogP contribution in [0.5, 0.6) is 0 Å². The molecule has 37 heavy (non-hydrogen) atoms. The molecule has 0 saturated carbocycles. The fourth-order valence-corrected chi connectivity index (χ4v) is 6.72. The van der Waals surface area contributed by atoms with E-state index >= 15 is 0 Å². The summed E-state index contributed by atoms with van der Waals surface area (Å²) in [7, 11) is -2.00. The summed E-state index contributed by atoms with van der Waals surface area (Å²) in [5.41, 5.74) is 2.77. The lowest BCUT2D eigenvalue weighted by molar-refractivity contribution is 0.102. The van der Waals surface area contributed by atoms with Crippen molar-refractivity contribution in [2.75, 3.05) is 23.6 Å². The molecule has 1 aliphatic heterocycles. The number of carbonyl (C=O) groups is 1.